The Hall–Kier alpha value is -1.11. The summed E-state index contributed by atoms with van der Waals surface area (Å²) in [5.74, 6) is -0.918. The second-order valence-electron chi connectivity index (χ2n) is 6.67. The molecular formula is C14H21NO5S. The highest BCUT2D eigenvalue weighted by molar-refractivity contribution is 7.91. The normalized spacial score (nSPS) is 37.6. The SMILES string of the molecule is O=C(O)CC1CC2CCC(C1)N2C(=O)C1CCS(=O)(=O)C1. The Kier molecular flexibility index (Phi) is 3.71. The van der Waals surface area contributed by atoms with Crippen LogP contribution < -0.4 is 0 Å². The van der Waals surface area contributed by atoms with Crippen LogP contribution in [0.1, 0.15) is 38.5 Å². The number of piperidine rings is 1. The molecule has 0 radical (unpaired) electrons. The van der Waals surface area contributed by atoms with Crippen molar-refractivity contribution >= 4 is 21.7 Å². The molecule has 1 N–H and O–H groups in total. The summed E-state index contributed by atoms with van der Waals surface area (Å²) >= 11 is 0. The van der Waals surface area contributed by atoms with Crippen molar-refractivity contribution in [1.29, 1.82) is 0 Å². The Balaban J connectivity index is 1.68. The molecule has 0 aromatic heterocycles. The summed E-state index contributed by atoms with van der Waals surface area (Å²) in [5.41, 5.74) is 0. The fourth-order valence-electron chi connectivity index (χ4n) is 4.26. The largest absolute Gasteiger partial charge is 0.481 e. The van der Waals surface area contributed by atoms with Crippen molar-refractivity contribution in [1.82, 2.24) is 4.90 Å². The molecule has 0 aromatic rings. The van der Waals surface area contributed by atoms with E-state index in [1.54, 1.807) is 0 Å². The molecule has 0 saturated carbocycles. The Labute approximate surface area is 124 Å². The Bertz CT molecular complexity index is 544. The number of hydrogen-bond acceptors (Lipinski definition) is 4. The molecule has 3 unspecified atom stereocenters. The van der Waals surface area contributed by atoms with Crippen molar-refractivity contribution < 1.29 is 23.1 Å². The number of hydrogen-bond donors (Lipinski definition) is 1. The molecule has 1 amide bonds. The third-order valence-corrected chi connectivity index (χ3v) is 6.90. The van der Waals surface area contributed by atoms with Gasteiger partial charge in [-0.1, -0.05) is 0 Å². The lowest BCUT2D eigenvalue weighted by atomic mass is 9.87. The summed E-state index contributed by atoms with van der Waals surface area (Å²) in [5, 5.41) is 8.92. The quantitative estimate of drug-likeness (QED) is 0.826. The molecule has 3 rings (SSSR count). The van der Waals surface area contributed by atoms with Crippen LogP contribution >= 0.6 is 0 Å². The minimum absolute atomic E-state index is 0.0136. The van der Waals surface area contributed by atoms with Crippen LogP contribution in [0.5, 0.6) is 0 Å². The fraction of sp³-hybridized carbons (Fsp3) is 0.857. The molecule has 0 aliphatic carbocycles. The lowest BCUT2D eigenvalue weighted by molar-refractivity contribution is -0.141. The van der Waals surface area contributed by atoms with Crippen molar-refractivity contribution in [2.75, 3.05) is 11.5 Å². The molecule has 3 aliphatic rings. The maximum absolute atomic E-state index is 12.6. The van der Waals surface area contributed by atoms with E-state index >= 15 is 0 Å². The number of carboxylic acid groups (broad SMARTS) is 1. The molecule has 0 aromatic carbocycles. The molecule has 2 bridgehead atoms. The van der Waals surface area contributed by atoms with E-state index in [1.165, 1.54) is 0 Å². The van der Waals surface area contributed by atoms with Crippen molar-refractivity contribution in [2.24, 2.45) is 11.8 Å². The second-order valence-corrected chi connectivity index (χ2v) is 8.89. The monoisotopic (exact) mass is 315 g/mol. The summed E-state index contributed by atoms with van der Waals surface area (Å²) in [6, 6.07) is 0.229. The Morgan fingerprint density at radius 2 is 1.71 bits per heavy atom. The van der Waals surface area contributed by atoms with E-state index in [0.717, 1.165) is 25.7 Å². The molecule has 3 heterocycles. The number of nitrogens with zero attached hydrogens (tertiary/aromatic N) is 1. The molecular weight excluding hydrogens is 294 g/mol. The summed E-state index contributed by atoms with van der Waals surface area (Å²) in [6.07, 6.45) is 3.95. The van der Waals surface area contributed by atoms with Gasteiger partial charge in [0.05, 0.1) is 17.4 Å². The van der Waals surface area contributed by atoms with Crippen LogP contribution in [0.25, 0.3) is 0 Å². The molecule has 3 fully saturated rings. The van der Waals surface area contributed by atoms with Crippen molar-refractivity contribution in [3.05, 3.63) is 0 Å². The van der Waals surface area contributed by atoms with Gasteiger partial charge >= 0.3 is 5.97 Å². The van der Waals surface area contributed by atoms with Crippen molar-refractivity contribution in [3.8, 4) is 0 Å². The number of amides is 1. The molecule has 6 nitrogen and oxygen atoms in total. The molecule has 3 aliphatic heterocycles. The highest BCUT2D eigenvalue weighted by Crippen LogP contribution is 2.41. The van der Waals surface area contributed by atoms with E-state index in [1.807, 2.05) is 4.90 Å². The first kappa shape index (κ1) is 14.8. The average Bonchev–Trinajstić information content (AvgIpc) is 2.86. The van der Waals surface area contributed by atoms with E-state index < -0.39 is 15.8 Å². The summed E-state index contributed by atoms with van der Waals surface area (Å²) in [6.45, 7) is 0. The second kappa shape index (κ2) is 5.26. The number of carbonyl (C=O) groups is 2. The zero-order chi connectivity index (χ0) is 15.2. The smallest absolute Gasteiger partial charge is 0.303 e. The van der Waals surface area contributed by atoms with E-state index in [9.17, 15) is 18.0 Å². The van der Waals surface area contributed by atoms with Crippen LogP contribution in [0.15, 0.2) is 0 Å². The lowest BCUT2D eigenvalue weighted by Crippen LogP contribution is -2.49. The van der Waals surface area contributed by atoms with Gasteiger partial charge in [0.25, 0.3) is 0 Å². The minimum atomic E-state index is -3.05. The van der Waals surface area contributed by atoms with Gasteiger partial charge in [-0.3, -0.25) is 9.59 Å². The molecule has 118 valence electrons. The van der Waals surface area contributed by atoms with E-state index in [2.05, 4.69) is 0 Å². The van der Waals surface area contributed by atoms with Crippen LogP contribution in [0.4, 0.5) is 0 Å². The predicted molar refractivity (Wildman–Crippen MR) is 75.4 cm³/mol. The topological polar surface area (TPSA) is 91.8 Å². The lowest BCUT2D eigenvalue weighted by Gasteiger charge is -2.39. The number of carbonyl (C=O) groups excluding carboxylic acids is 1. The van der Waals surface area contributed by atoms with Gasteiger partial charge in [0.2, 0.25) is 5.91 Å². The number of carboxylic acids is 1. The predicted octanol–water partition coefficient (Wildman–Crippen LogP) is 0.665. The van der Waals surface area contributed by atoms with Crippen LogP contribution in [-0.4, -0.2) is 53.9 Å². The summed E-state index contributed by atoms with van der Waals surface area (Å²) < 4.78 is 23.1. The summed E-state index contributed by atoms with van der Waals surface area (Å²) in [4.78, 5) is 25.4. The molecule has 21 heavy (non-hydrogen) atoms. The van der Waals surface area contributed by atoms with E-state index in [4.69, 9.17) is 5.11 Å². The minimum Gasteiger partial charge on any atom is -0.481 e. The highest BCUT2D eigenvalue weighted by Gasteiger charge is 2.46. The third kappa shape index (κ3) is 2.93. The number of rotatable bonds is 3. The van der Waals surface area contributed by atoms with Gasteiger partial charge in [-0.2, -0.15) is 0 Å². The zero-order valence-electron chi connectivity index (χ0n) is 11.9. The van der Waals surface area contributed by atoms with Crippen LogP contribution in [-0.2, 0) is 19.4 Å². The summed E-state index contributed by atoms with van der Waals surface area (Å²) in [7, 11) is -3.05. The van der Waals surface area contributed by atoms with Crippen LogP contribution in [0.2, 0.25) is 0 Å². The van der Waals surface area contributed by atoms with Gasteiger partial charge in [-0.15, -0.1) is 0 Å². The van der Waals surface area contributed by atoms with Gasteiger partial charge in [0, 0.05) is 18.5 Å². The average molecular weight is 315 g/mol. The van der Waals surface area contributed by atoms with E-state index in [0.29, 0.717) is 6.42 Å². The fourth-order valence-corrected chi connectivity index (χ4v) is 6.00. The van der Waals surface area contributed by atoms with Gasteiger partial charge in [-0.05, 0) is 38.0 Å². The van der Waals surface area contributed by atoms with Crippen molar-refractivity contribution in [3.63, 3.8) is 0 Å². The number of fused-ring (bicyclic) bond motifs is 2. The number of sulfone groups is 1. The number of aliphatic carboxylic acids is 1. The standard InChI is InChI=1S/C14H21NO5S/c16-13(17)7-9-5-11-1-2-12(6-9)15(11)14(18)10-3-4-21(19,20)8-10/h9-12H,1-8H2,(H,16,17). The Morgan fingerprint density at radius 1 is 1.10 bits per heavy atom. The molecule has 3 atom stereocenters. The molecule has 7 heteroatoms. The maximum atomic E-state index is 12.6. The van der Waals surface area contributed by atoms with Crippen LogP contribution in [0, 0.1) is 11.8 Å². The van der Waals surface area contributed by atoms with Gasteiger partial charge < -0.3 is 10.0 Å². The van der Waals surface area contributed by atoms with E-state index in [-0.39, 0.29) is 47.8 Å². The van der Waals surface area contributed by atoms with Gasteiger partial charge in [0.1, 0.15) is 0 Å². The van der Waals surface area contributed by atoms with Gasteiger partial charge in [-0.25, -0.2) is 8.42 Å². The van der Waals surface area contributed by atoms with Crippen LogP contribution in [0.3, 0.4) is 0 Å². The molecule has 3 saturated heterocycles. The Morgan fingerprint density at radius 3 is 2.19 bits per heavy atom. The highest BCUT2D eigenvalue weighted by atomic mass is 32.2. The zero-order valence-corrected chi connectivity index (χ0v) is 12.7. The first-order chi connectivity index (χ1) is 9.85. The molecule has 0 spiro atoms. The van der Waals surface area contributed by atoms with Gasteiger partial charge in [0.15, 0.2) is 9.84 Å². The third-order valence-electron chi connectivity index (χ3n) is 5.13. The maximum Gasteiger partial charge on any atom is 0.303 e. The first-order valence-corrected chi connectivity index (χ1v) is 9.42. The van der Waals surface area contributed by atoms with Crippen molar-refractivity contribution in [2.45, 2.75) is 50.6 Å². The first-order valence-electron chi connectivity index (χ1n) is 7.60.